The Hall–Kier alpha value is -1.36. The van der Waals surface area contributed by atoms with Gasteiger partial charge < -0.3 is 10.6 Å². The maximum absolute atomic E-state index is 12.3. The smallest absolute Gasteiger partial charge is 0.241 e. The lowest BCUT2D eigenvalue weighted by atomic mass is 9.86. The average Bonchev–Trinajstić information content (AvgIpc) is 3.17. The zero-order valence-electron chi connectivity index (χ0n) is 13.0. The average molecular weight is 290 g/mol. The Labute approximate surface area is 126 Å². The van der Waals surface area contributed by atoms with Gasteiger partial charge in [0.05, 0.1) is 6.20 Å². The van der Waals surface area contributed by atoms with Gasteiger partial charge in [-0.2, -0.15) is 5.10 Å². The zero-order valence-corrected chi connectivity index (χ0v) is 13.0. The summed E-state index contributed by atoms with van der Waals surface area (Å²) in [5, 5.41) is 10.3. The van der Waals surface area contributed by atoms with E-state index in [4.69, 9.17) is 0 Å². The first-order valence-corrected chi connectivity index (χ1v) is 8.11. The molecule has 0 aromatic carbocycles. The predicted molar refractivity (Wildman–Crippen MR) is 81.6 cm³/mol. The van der Waals surface area contributed by atoms with Crippen LogP contribution in [-0.4, -0.2) is 29.3 Å². The number of aryl methyl sites for hydroxylation is 1. The Morgan fingerprint density at radius 1 is 1.48 bits per heavy atom. The highest BCUT2D eigenvalue weighted by atomic mass is 16.2. The van der Waals surface area contributed by atoms with Crippen LogP contribution in [0.2, 0.25) is 0 Å². The van der Waals surface area contributed by atoms with Crippen LogP contribution < -0.4 is 10.6 Å². The molecular weight excluding hydrogens is 264 g/mol. The minimum absolute atomic E-state index is 0.0497. The summed E-state index contributed by atoms with van der Waals surface area (Å²) in [6.45, 7) is 0.797. The van der Waals surface area contributed by atoms with Crippen LogP contribution in [0, 0.1) is 17.8 Å². The van der Waals surface area contributed by atoms with E-state index >= 15 is 0 Å². The third-order valence-corrected chi connectivity index (χ3v) is 5.31. The van der Waals surface area contributed by atoms with Gasteiger partial charge in [0.2, 0.25) is 5.91 Å². The molecule has 2 bridgehead atoms. The Kier molecular flexibility index (Phi) is 4.29. The maximum atomic E-state index is 12.3. The second-order valence-electron chi connectivity index (χ2n) is 6.68. The number of nitrogens with zero attached hydrogens (tertiary/aromatic N) is 2. The molecule has 0 aliphatic heterocycles. The van der Waals surface area contributed by atoms with Crippen LogP contribution in [0.5, 0.6) is 0 Å². The molecule has 1 amide bonds. The summed E-state index contributed by atoms with van der Waals surface area (Å²) in [5.74, 6) is 2.81. The quantitative estimate of drug-likeness (QED) is 0.837. The number of hydrogen-bond acceptors (Lipinski definition) is 3. The summed E-state index contributed by atoms with van der Waals surface area (Å²) in [4.78, 5) is 12.3. The van der Waals surface area contributed by atoms with Crippen molar-refractivity contribution in [2.24, 2.45) is 24.8 Å². The van der Waals surface area contributed by atoms with Crippen LogP contribution in [-0.2, 0) is 11.8 Å². The monoisotopic (exact) mass is 290 g/mol. The molecule has 5 heteroatoms. The van der Waals surface area contributed by atoms with Gasteiger partial charge in [-0.1, -0.05) is 6.42 Å². The van der Waals surface area contributed by atoms with Crippen molar-refractivity contribution in [1.29, 1.82) is 0 Å². The second kappa shape index (κ2) is 6.18. The molecule has 2 aliphatic rings. The first-order chi connectivity index (χ1) is 10.2. The van der Waals surface area contributed by atoms with Crippen LogP contribution in [0.1, 0.15) is 43.7 Å². The molecule has 21 heavy (non-hydrogen) atoms. The van der Waals surface area contributed by atoms with Gasteiger partial charge in [-0.3, -0.25) is 9.48 Å². The highest BCUT2D eigenvalue weighted by Gasteiger charge is 2.38. The molecule has 1 aromatic rings. The molecule has 1 aromatic heterocycles. The minimum atomic E-state index is -0.307. The van der Waals surface area contributed by atoms with E-state index in [1.165, 1.54) is 25.7 Å². The topological polar surface area (TPSA) is 59.0 Å². The third-order valence-electron chi connectivity index (χ3n) is 5.31. The van der Waals surface area contributed by atoms with E-state index < -0.39 is 0 Å². The van der Waals surface area contributed by atoms with Crippen LogP contribution in [0.3, 0.4) is 0 Å². The Morgan fingerprint density at radius 3 is 2.90 bits per heavy atom. The Morgan fingerprint density at radius 2 is 2.33 bits per heavy atom. The van der Waals surface area contributed by atoms with Gasteiger partial charge in [-0.15, -0.1) is 0 Å². The van der Waals surface area contributed by atoms with Crippen molar-refractivity contribution in [3.8, 4) is 0 Å². The SMILES string of the molecule is CNC(C(=O)NCCC1CC2CCC1C2)c1cnn(C)c1. The van der Waals surface area contributed by atoms with Crippen LogP contribution in [0.15, 0.2) is 12.4 Å². The van der Waals surface area contributed by atoms with E-state index in [9.17, 15) is 4.79 Å². The van der Waals surface area contributed by atoms with Crippen molar-refractivity contribution >= 4 is 5.91 Å². The first kappa shape index (κ1) is 14.6. The molecule has 2 aliphatic carbocycles. The molecule has 2 saturated carbocycles. The summed E-state index contributed by atoms with van der Waals surface area (Å²) in [6.07, 6.45) is 10.4. The van der Waals surface area contributed by atoms with E-state index in [0.29, 0.717) is 0 Å². The van der Waals surface area contributed by atoms with Gasteiger partial charge in [0.15, 0.2) is 0 Å². The van der Waals surface area contributed by atoms with Crippen LogP contribution in [0.25, 0.3) is 0 Å². The van der Waals surface area contributed by atoms with E-state index in [0.717, 1.165) is 36.3 Å². The first-order valence-electron chi connectivity index (χ1n) is 8.11. The molecule has 0 radical (unpaired) electrons. The molecular formula is C16H26N4O. The molecule has 0 spiro atoms. The molecule has 4 unspecified atom stereocenters. The van der Waals surface area contributed by atoms with Crippen molar-refractivity contribution in [1.82, 2.24) is 20.4 Å². The van der Waals surface area contributed by atoms with Crippen molar-refractivity contribution in [2.75, 3.05) is 13.6 Å². The number of carbonyl (C=O) groups is 1. The van der Waals surface area contributed by atoms with Crippen LogP contribution >= 0.6 is 0 Å². The number of rotatable bonds is 6. The number of aromatic nitrogens is 2. The lowest BCUT2D eigenvalue weighted by molar-refractivity contribution is -0.123. The summed E-state index contributed by atoms with van der Waals surface area (Å²) >= 11 is 0. The van der Waals surface area contributed by atoms with Crippen LogP contribution in [0.4, 0.5) is 0 Å². The van der Waals surface area contributed by atoms with Gasteiger partial charge in [-0.05, 0) is 50.5 Å². The van der Waals surface area contributed by atoms with Crippen molar-refractivity contribution < 1.29 is 4.79 Å². The third kappa shape index (κ3) is 3.12. The number of amides is 1. The number of nitrogens with one attached hydrogen (secondary N) is 2. The number of carbonyl (C=O) groups excluding carboxylic acids is 1. The molecule has 5 nitrogen and oxygen atoms in total. The Bertz CT molecular complexity index is 498. The minimum Gasteiger partial charge on any atom is -0.354 e. The Balaban J connectivity index is 1.47. The van der Waals surface area contributed by atoms with E-state index in [2.05, 4.69) is 15.7 Å². The van der Waals surface area contributed by atoms with Crippen molar-refractivity contribution in [3.63, 3.8) is 0 Å². The van der Waals surface area contributed by atoms with Gasteiger partial charge in [0, 0.05) is 25.4 Å². The summed E-state index contributed by atoms with van der Waals surface area (Å²) in [7, 11) is 3.68. The summed E-state index contributed by atoms with van der Waals surface area (Å²) in [6, 6.07) is -0.307. The summed E-state index contributed by atoms with van der Waals surface area (Å²) in [5.41, 5.74) is 0.914. The predicted octanol–water partition coefficient (Wildman–Crippen LogP) is 1.62. The fourth-order valence-corrected chi connectivity index (χ4v) is 4.25. The highest BCUT2D eigenvalue weighted by molar-refractivity contribution is 5.82. The van der Waals surface area contributed by atoms with Crippen molar-refractivity contribution in [2.45, 2.75) is 38.1 Å². The largest absolute Gasteiger partial charge is 0.354 e. The maximum Gasteiger partial charge on any atom is 0.241 e. The van der Waals surface area contributed by atoms with Crippen molar-refractivity contribution in [3.05, 3.63) is 18.0 Å². The molecule has 2 fully saturated rings. The molecule has 0 saturated heterocycles. The normalized spacial score (nSPS) is 28.8. The van der Waals surface area contributed by atoms with E-state index in [-0.39, 0.29) is 11.9 Å². The highest BCUT2D eigenvalue weighted by Crippen LogP contribution is 2.49. The van der Waals surface area contributed by atoms with Gasteiger partial charge in [0.25, 0.3) is 0 Å². The van der Waals surface area contributed by atoms with E-state index in [1.54, 1.807) is 10.9 Å². The van der Waals surface area contributed by atoms with Gasteiger partial charge in [-0.25, -0.2) is 0 Å². The lowest BCUT2D eigenvalue weighted by Crippen LogP contribution is -2.37. The molecule has 2 N–H and O–H groups in total. The zero-order chi connectivity index (χ0) is 14.8. The number of hydrogen-bond donors (Lipinski definition) is 2. The molecule has 4 atom stereocenters. The van der Waals surface area contributed by atoms with E-state index in [1.807, 2.05) is 20.3 Å². The summed E-state index contributed by atoms with van der Waals surface area (Å²) < 4.78 is 1.72. The fourth-order valence-electron chi connectivity index (χ4n) is 4.25. The molecule has 3 rings (SSSR count). The van der Waals surface area contributed by atoms with Gasteiger partial charge in [0.1, 0.15) is 6.04 Å². The molecule has 1 heterocycles. The fraction of sp³-hybridized carbons (Fsp3) is 0.750. The molecule has 116 valence electrons. The number of fused-ring (bicyclic) bond motifs is 2. The standard InChI is InChI=1S/C16H26N4O/c1-17-15(14-9-19-20(2)10-14)16(21)18-6-5-13-8-11-3-4-12(13)7-11/h9-13,15,17H,3-8H2,1-2H3,(H,18,21). The number of likely N-dealkylation sites (N-methyl/N-ethyl adjacent to an activating group) is 1. The second-order valence-corrected chi connectivity index (χ2v) is 6.68. The van der Waals surface area contributed by atoms with Gasteiger partial charge >= 0.3 is 0 Å². The lowest BCUT2D eigenvalue weighted by Gasteiger charge is -2.22.